The molecule has 0 aliphatic rings. The molecular weight excluding hydrogens is 232 g/mol. The smallest absolute Gasteiger partial charge is 0.237 e. The third-order valence-electron chi connectivity index (χ3n) is 1.07. The number of thiocarbonyl (C=S) groups is 1. The molecule has 5 heteroatoms. The molecule has 0 unspecified atom stereocenters. The number of rotatable bonds is 3. The highest BCUT2D eigenvalue weighted by Crippen LogP contribution is 2.32. The quantitative estimate of drug-likeness (QED) is 0.558. The Bertz CT molecular complexity index is 191. The average Bonchev–Trinajstić information content (AvgIpc) is 1.85. The van der Waals surface area contributed by atoms with E-state index >= 15 is 0 Å². The molecule has 0 spiro atoms. The summed E-state index contributed by atoms with van der Waals surface area (Å²) >= 11 is 13.3. The van der Waals surface area contributed by atoms with Gasteiger partial charge in [0.2, 0.25) is 5.24 Å². The number of halogens is 1. The van der Waals surface area contributed by atoms with Gasteiger partial charge in [-0.25, -0.2) is 0 Å². The van der Waals surface area contributed by atoms with Crippen molar-refractivity contribution >= 4 is 56.1 Å². The molecule has 0 aliphatic heterocycles. The maximum absolute atomic E-state index is 10.9. The first-order chi connectivity index (χ1) is 5.40. The van der Waals surface area contributed by atoms with Gasteiger partial charge in [-0.05, 0) is 31.2 Å². The Hall–Kier alpha value is 0.750. The Morgan fingerprint density at radius 3 is 2.42 bits per heavy atom. The largest absolute Gasteiger partial charge is 0.280 e. The second-order valence-electron chi connectivity index (χ2n) is 2.57. The molecule has 0 aromatic rings. The van der Waals surface area contributed by atoms with E-state index in [0.717, 1.165) is 9.28 Å². The van der Waals surface area contributed by atoms with Gasteiger partial charge < -0.3 is 0 Å². The molecule has 0 aliphatic carbocycles. The normalized spacial score (nSPS) is 11.3. The van der Waals surface area contributed by atoms with Gasteiger partial charge in [-0.3, -0.25) is 4.79 Å². The molecule has 0 rings (SSSR count). The Morgan fingerprint density at radius 1 is 1.58 bits per heavy atom. The van der Waals surface area contributed by atoms with Crippen LogP contribution in [0.15, 0.2) is 0 Å². The van der Waals surface area contributed by atoms with Crippen LogP contribution in [0.2, 0.25) is 0 Å². The monoisotopic (exact) mass is 242 g/mol. The van der Waals surface area contributed by atoms with Crippen LogP contribution in [0.3, 0.4) is 0 Å². The molecule has 12 heavy (non-hydrogen) atoms. The topological polar surface area (TPSA) is 17.1 Å². The van der Waals surface area contributed by atoms with Gasteiger partial charge in [-0.1, -0.05) is 30.9 Å². The number of carbonyl (C=O) groups excluding carboxylic acids is 1. The van der Waals surface area contributed by atoms with Crippen LogP contribution in [-0.4, -0.2) is 19.3 Å². The van der Waals surface area contributed by atoms with Crippen LogP contribution in [-0.2, 0) is 4.79 Å². The zero-order valence-electron chi connectivity index (χ0n) is 7.22. The van der Waals surface area contributed by atoms with Crippen LogP contribution in [0.25, 0.3) is 0 Å². The van der Waals surface area contributed by atoms with Gasteiger partial charge in [0.25, 0.3) is 0 Å². The molecule has 0 aromatic heterocycles. The first-order valence-electron chi connectivity index (χ1n) is 3.46. The van der Waals surface area contributed by atoms with Gasteiger partial charge >= 0.3 is 0 Å². The molecule has 0 aromatic carbocycles. The van der Waals surface area contributed by atoms with Crippen molar-refractivity contribution in [2.45, 2.75) is 25.5 Å². The fourth-order valence-electron chi connectivity index (χ4n) is 0.396. The lowest BCUT2D eigenvalue weighted by atomic mass is 10.2. The van der Waals surface area contributed by atoms with Crippen LogP contribution in [0.5, 0.6) is 0 Å². The zero-order chi connectivity index (χ0) is 9.78. The van der Waals surface area contributed by atoms with Gasteiger partial charge in [-0.2, -0.15) is 0 Å². The van der Waals surface area contributed by atoms with Crippen molar-refractivity contribution in [1.29, 1.82) is 0 Å². The lowest BCUT2D eigenvalue weighted by Crippen LogP contribution is -2.24. The van der Waals surface area contributed by atoms with E-state index in [0.29, 0.717) is 0 Å². The fraction of sp³-hybridized carbons (Fsp3) is 0.714. The summed E-state index contributed by atoms with van der Waals surface area (Å²) in [6, 6.07) is 0. The summed E-state index contributed by atoms with van der Waals surface area (Å²) in [5.74, 6) is 0.929. The highest BCUT2D eigenvalue weighted by Gasteiger charge is 2.28. The van der Waals surface area contributed by atoms with E-state index in [1.165, 1.54) is 11.8 Å². The van der Waals surface area contributed by atoms with Crippen LogP contribution in [0.1, 0.15) is 20.8 Å². The fourth-order valence-corrected chi connectivity index (χ4v) is 3.44. The van der Waals surface area contributed by atoms with Crippen LogP contribution < -0.4 is 0 Å². The summed E-state index contributed by atoms with van der Waals surface area (Å²) in [5, 5.41) is -0.355. The minimum Gasteiger partial charge on any atom is -0.280 e. The third-order valence-corrected chi connectivity index (χ3v) is 4.25. The molecule has 0 atom stereocenters. The summed E-state index contributed by atoms with van der Waals surface area (Å²) in [6.07, 6.45) is 0. The molecule has 70 valence electrons. The van der Waals surface area contributed by atoms with Crippen molar-refractivity contribution in [2.24, 2.45) is 0 Å². The Kier molecular flexibility index (Phi) is 5.82. The van der Waals surface area contributed by atoms with Gasteiger partial charge in [0.1, 0.15) is 3.53 Å². The van der Waals surface area contributed by atoms with Gasteiger partial charge in [0.15, 0.2) is 0 Å². The molecule has 0 heterocycles. The van der Waals surface area contributed by atoms with E-state index in [1.54, 1.807) is 25.6 Å². The number of hydrogen-bond acceptors (Lipinski definition) is 4. The van der Waals surface area contributed by atoms with E-state index < -0.39 is 4.75 Å². The van der Waals surface area contributed by atoms with Crippen molar-refractivity contribution in [3.05, 3.63) is 0 Å². The third kappa shape index (κ3) is 4.70. The number of carbonyl (C=O) groups is 1. The molecule has 0 saturated heterocycles. The molecule has 0 bridgehead atoms. The minimum atomic E-state index is -0.596. The first-order valence-corrected chi connectivity index (χ1v) is 6.04. The summed E-state index contributed by atoms with van der Waals surface area (Å²) < 4.78 is 0.178. The van der Waals surface area contributed by atoms with Gasteiger partial charge in [-0.15, -0.1) is 11.8 Å². The molecule has 1 nitrogen and oxygen atoms in total. The predicted molar refractivity (Wildman–Crippen MR) is 63.3 cm³/mol. The van der Waals surface area contributed by atoms with Gasteiger partial charge in [0, 0.05) is 0 Å². The molecule has 0 saturated carbocycles. The second kappa shape index (κ2) is 5.47. The van der Waals surface area contributed by atoms with Crippen LogP contribution in [0.4, 0.5) is 0 Å². The van der Waals surface area contributed by atoms with E-state index in [2.05, 4.69) is 0 Å². The van der Waals surface area contributed by atoms with Gasteiger partial charge in [0.05, 0.1) is 4.75 Å². The Balaban J connectivity index is 4.06. The first kappa shape index (κ1) is 12.8. The number of thioether (sulfide) groups is 2. The van der Waals surface area contributed by atoms with Crippen molar-refractivity contribution in [1.82, 2.24) is 0 Å². The number of hydrogen-bond donors (Lipinski definition) is 0. The highest BCUT2D eigenvalue weighted by atomic mass is 35.5. The van der Waals surface area contributed by atoms with E-state index in [-0.39, 0.29) is 5.24 Å². The standard InChI is InChI=1S/C7H11ClOS3/c1-4-11-6(10)12-7(2,3)5(8)9/h4H2,1-3H3. The van der Waals surface area contributed by atoms with Crippen molar-refractivity contribution in [2.75, 3.05) is 5.75 Å². The predicted octanol–water partition coefficient (Wildman–Crippen LogP) is 3.30. The van der Waals surface area contributed by atoms with E-state index in [1.807, 2.05) is 6.92 Å². The zero-order valence-corrected chi connectivity index (χ0v) is 10.4. The van der Waals surface area contributed by atoms with E-state index in [9.17, 15) is 4.79 Å². The maximum Gasteiger partial charge on any atom is 0.237 e. The minimum absolute atomic E-state index is 0.355. The van der Waals surface area contributed by atoms with Crippen molar-refractivity contribution < 1.29 is 4.79 Å². The Morgan fingerprint density at radius 2 is 2.08 bits per heavy atom. The van der Waals surface area contributed by atoms with Crippen molar-refractivity contribution in [3.8, 4) is 0 Å². The second-order valence-corrected chi connectivity index (χ2v) is 7.00. The van der Waals surface area contributed by atoms with E-state index in [4.69, 9.17) is 23.8 Å². The van der Waals surface area contributed by atoms with Crippen LogP contribution in [0, 0.1) is 0 Å². The molecule has 0 amide bonds. The SMILES string of the molecule is CCSC(=S)SC(C)(C)C(=O)Cl. The summed E-state index contributed by atoms with van der Waals surface area (Å²) in [5.41, 5.74) is 0. The van der Waals surface area contributed by atoms with Crippen LogP contribution >= 0.6 is 47.3 Å². The van der Waals surface area contributed by atoms with Crippen molar-refractivity contribution in [3.63, 3.8) is 0 Å². The molecule has 0 N–H and O–H groups in total. The maximum atomic E-state index is 10.9. The summed E-state index contributed by atoms with van der Waals surface area (Å²) in [6.45, 7) is 5.57. The molecule has 0 radical (unpaired) electrons. The summed E-state index contributed by atoms with van der Waals surface area (Å²) in [7, 11) is 0. The average molecular weight is 243 g/mol. The highest BCUT2D eigenvalue weighted by molar-refractivity contribution is 8.47. The summed E-state index contributed by atoms with van der Waals surface area (Å²) in [4.78, 5) is 10.9. The molecular formula is C7H11ClOS3. The lowest BCUT2D eigenvalue weighted by molar-refractivity contribution is -0.113. The Labute approximate surface area is 92.0 Å². The lowest BCUT2D eigenvalue weighted by Gasteiger charge is -2.18. The molecule has 0 fully saturated rings.